The van der Waals surface area contributed by atoms with Crippen molar-refractivity contribution in [1.82, 2.24) is 0 Å². The Hall–Kier alpha value is -3.02. The van der Waals surface area contributed by atoms with Gasteiger partial charge in [-0.15, -0.1) is 0 Å². The molecule has 0 spiro atoms. The van der Waals surface area contributed by atoms with Gasteiger partial charge in [-0.3, -0.25) is 9.59 Å². The molecule has 0 aromatic heterocycles. The van der Waals surface area contributed by atoms with Crippen LogP contribution in [-0.4, -0.2) is 32.6 Å². The quantitative estimate of drug-likeness (QED) is 0.825. The first-order chi connectivity index (χ1) is 13.4. The maximum atomic E-state index is 12.7. The second kappa shape index (κ2) is 8.33. The third-order valence-corrected chi connectivity index (χ3v) is 5.02. The van der Waals surface area contributed by atoms with Gasteiger partial charge in [0.1, 0.15) is 11.5 Å². The molecule has 1 unspecified atom stereocenters. The van der Waals surface area contributed by atoms with E-state index < -0.39 is 5.92 Å². The number of rotatable bonds is 6. The Bertz CT molecular complexity index is 861. The highest BCUT2D eigenvalue weighted by Crippen LogP contribution is 2.36. The van der Waals surface area contributed by atoms with E-state index in [2.05, 4.69) is 19.2 Å². The summed E-state index contributed by atoms with van der Waals surface area (Å²) >= 11 is 0. The largest absolute Gasteiger partial charge is 0.497 e. The van der Waals surface area contributed by atoms with E-state index in [1.165, 1.54) is 5.56 Å². The number of hydrogen-bond acceptors (Lipinski definition) is 4. The molecule has 2 aromatic rings. The van der Waals surface area contributed by atoms with Crippen molar-refractivity contribution in [1.29, 1.82) is 0 Å². The van der Waals surface area contributed by atoms with Gasteiger partial charge >= 0.3 is 0 Å². The topological polar surface area (TPSA) is 67.9 Å². The summed E-state index contributed by atoms with van der Waals surface area (Å²) in [5.74, 6) is 0.940. The molecule has 0 saturated carbocycles. The lowest BCUT2D eigenvalue weighted by Gasteiger charge is -2.20. The molecule has 1 aliphatic heterocycles. The molecule has 6 nitrogen and oxygen atoms in total. The number of methoxy groups -OCH3 is 2. The predicted molar refractivity (Wildman–Crippen MR) is 109 cm³/mol. The molecule has 2 aromatic carbocycles. The van der Waals surface area contributed by atoms with Crippen LogP contribution in [0, 0.1) is 5.92 Å². The number of carbonyl (C=O) groups excluding carboxylic acids is 2. The Morgan fingerprint density at radius 3 is 2.43 bits per heavy atom. The maximum absolute atomic E-state index is 12.7. The third kappa shape index (κ3) is 4.11. The summed E-state index contributed by atoms with van der Waals surface area (Å²) in [7, 11) is 3.12. The average molecular weight is 382 g/mol. The lowest BCUT2D eigenvalue weighted by Crippen LogP contribution is -2.28. The van der Waals surface area contributed by atoms with E-state index in [4.69, 9.17) is 9.47 Å². The standard InChI is InChI=1S/C22H26N2O4/c1-14(2)15-5-7-17(8-6-15)23-22(26)16-11-21(25)24(13-16)19-12-18(27-3)9-10-20(19)28-4/h5-10,12,14,16H,11,13H2,1-4H3,(H,23,26). The Labute approximate surface area is 165 Å². The molecule has 1 fully saturated rings. The van der Waals surface area contributed by atoms with E-state index >= 15 is 0 Å². The van der Waals surface area contributed by atoms with Crippen LogP contribution in [0.1, 0.15) is 31.7 Å². The van der Waals surface area contributed by atoms with E-state index in [9.17, 15) is 9.59 Å². The minimum atomic E-state index is -0.423. The molecular weight excluding hydrogens is 356 g/mol. The summed E-state index contributed by atoms with van der Waals surface area (Å²) in [5.41, 5.74) is 2.56. The summed E-state index contributed by atoms with van der Waals surface area (Å²) in [6, 6.07) is 13.1. The van der Waals surface area contributed by atoms with Crippen molar-refractivity contribution >= 4 is 23.2 Å². The molecule has 6 heteroatoms. The lowest BCUT2D eigenvalue weighted by molar-refractivity contribution is -0.122. The molecule has 0 radical (unpaired) electrons. The molecule has 1 N–H and O–H groups in total. The molecule has 1 atom stereocenters. The van der Waals surface area contributed by atoms with Gasteiger partial charge in [-0.2, -0.15) is 0 Å². The zero-order valence-corrected chi connectivity index (χ0v) is 16.7. The van der Waals surface area contributed by atoms with Gasteiger partial charge in [0.15, 0.2) is 0 Å². The number of benzene rings is 2. The van der Waals surface area contributed by atoms with Crippen molar-refractivity contribution in [2.24, 2.45) is 5.92 Å². The van der Waals surface area contributed by atoms with Gasteiger partial charge in [0.2, 0.25) is 11.8 Å². The van der Waals surface area contributed by atoms with E-state index in [0.717, 1.165) is 5.69 Å². The first-order valence-electron chi connectivity index (χ1n) is 9.36. The first kappa shape index (κ1) is 19.7. The van der Waals surface area contributed by atoms with Crippen LogP contribution < -0.4 is 19.7 Å². The molecule has 148 valence electrons. The van der Waals surface area contributed by atoms with Gasteiger partial charge in [-0.25, -0.2) is 0 Å². The number of nitrogens with zero attached hydrogens (tertiary/aromatic N) is 1. The highest BCUT2D eigenvalue weighted by atomic mass is 16.5. The van der Waals surface area contributed by atoms with Gasteiger partial charge in [0.05, 0.1) is 25.8 Å². The lowest BCUT2D eigenvalue weighted by atomic mass is 10.0. The molecule has 2 amide bonds. The van der Waals surface area contributed by atoms with Crippen LogP contribution in [-0.2, 0) is 9.59 Å². The number of hydrogen-bond donors (Lipinski definition) is 1. The van der Waals surface area contributed by atoms with Crippen LogP contribution in [0.4, 0.5) is 11.4 Å². The number of carbonyl (C=O) groups is 2. The number of anilines is 2. The van der Waals surface area contributed by atoms with Crippen LogP contribution in [0.3, 0.4) is 0 Å². The van der Waals surface area contributed by atoms with Crippen molar-refractivity contribution in [3.63, 3.8) is 0 Å². The Morgan fingerprint density at radius 1 is 1.11 bits per heavy atom. The normalized spacial score (nSPS) is 16.4. The zero-order chi connectivity index (χ0) is 20.3. The molecule has 1 aliphatic rings. The first-order valence-corrected chi connectivity index (χ1v) is 9.36. The van der Waals surface area contributed by atoms with Crippen LogP contribution in [0.15, 0.2) is 42.5 Å². The molecule has 28 heavy (non-hydrogen) atoms. The average Bonchev–Trinajstić information content (AvgIpc) is 3.09. The van der Waals surface area contributed by atoms with Crippen molar-refractivity contribution < 1.29 is 19.1 Å². The summed E-state index contributed by atoms with van der Waals surface area (Å²) < 4.78 is 10.6. The van der Waals surface area contributed by atoms with Crippen molar-refractivity contribution in [2.75, 3.05) is 31.0 Å². The fraction of sp³-hybridized carbons (Fsp3) is 0.364. The van der Waals surface area contributed by atoms with Gasteiger partial charge < -0.3 is 19.7 Å². The number of ether oxygens (including phenoxy) is 2. The van der Waals surface area contributed by atoms with Crippen molar-refractivity contribution in [3.8, 4) is 11.5 Å². The molecule has 1 heterocycles. The summed E-state index contributed by atoms with van der Waals surface area (Å²) in [4.78, 5) is 26.9. The van der Waals surface area contributed by atoms with Crippen LogP contribution in [0.25, 0.3) is 0 Å². The van der Waals surface area contributed by atoms with Crippen LogP contribution >= 0.6 is 0 Å². The van der Waals surface area contributed by atoms with E-state index in [-0.39, 0.29) is 18.2 Å². The zero-order valence-electron chi connectivity index (χ0n) is 16.7. The molecule has 1 saturated heterocycles. The molecular formula is C22H26N2O4. The van der Waals surface area contributed by atoms with Gasteiger partial charge in [0.25, 0.3) is 0 Å². The molecule has 0 bridgehead atoms. The van der Waals surface area contributed by atoms with Crippen molar-refractivity contribution in [3.05, 3.63) is 48.0 Å². The highest BCUT2D eigenvalue weighted by Gasteiger charge is 2.36. The Balaban J connectivity index is 1.72. The summed E-state index contributed by atoms with van der Waals surface area (Å²) in [6.45, 7) is 4.55. The van der Waals surface area contributed by atoms with Crippen LogP contribution in [0.2, 0.25) is 0 Å². The van der Waals surface area contributed by atoms with Gasteiger partial charge in [-0.1, -0.05) is 26.0 Å². The molecule has 0 aliphatic carbocycles. The minimum absolute atomic E-state index is 0.109. The smallest absolute Gasteiger partial charge is 0.229 e. The SMILES string of the molecule is COc1ccc(OC)c(N2CC(C(=O)Nc3ccc(C(C)C)cc3)CC2=O)c1. The second-order valence-corrected chi connectivity index (χ2v) is 7.21. The van der Waals surface area contributed by atoms with E-state index in [0.29, 0.717) is 29.6 Å². The highest BCUT2D eigenvalue weighted by molar-refractivity contribution is 6.04. The van der Waals surface area contributed by atoms with Crippen LogP contribution in [0.5, 0.6) is 11.5 Å². The predicted octanol–water partition coefficient (Wildman–Crippen LogP) is 3.82. The monoisotopic (exact) mass is 382 g/mol. The summed E-state index contributed by atoms with van der Waals surface area (Å²) in [6.07, 6.45) is 0.163. The number of amides is 2. The minimum Gasteiger partial charge on any atom is -0.497 e. The maximum Gasteiger partial charge on any atom is 0.229 e. The van der Waals surface area contributed by atoms with Crippen molar-refractivity contribution in [2.45, 2.75) is 26.2 Å². The van der Waals surface area contributed by atoms with E-state index in [1.807, 2.05) is 24.3 Å². The van der Waals surface area contributed by atoms with Gasteiger partial charge in [-0.05, 0) is 35.7 Å². The van der Waals surface area contributed by atoms with E-state index in [1.54, 1.807) is 37.3 Å². The third-order valence-electron chi connectivity index (χ3n) is 5.02. The number of nitrogens with one attached hydrogen (secondary N) is 1. The second-order valence-electron chi connectivity index (χ2n) is 7.21. The fourth-order valence-corrected chi connectivity index (χ4v) is 3.32. The fourth-order valence-electron chi connectivity index (χ4n) is 3.32. The Morgan fingerprint density at radius 2 is 1.82 bits per heavy atom. The van der Waals surface area contributed by atoms with Gasteiger partial charge in [0, 0.05) is 24.7 Å². The molecule has 3 rings (SSSR count). The Kier molecular flexibility index (Phi) is 5.87. The summed E-state index contributed by atoms with van der Waals surface area (Å²) in [5, 5.41) is 2.92.